The molecule has 0 aliphatic heterocycles. The summed E-state index contributed by atoms with van der Waals surface area (Å²) in [6, 6.07) is 17.2. The fraction of sp³-hybridized carbons (Fsp3) is 0.292. The van der Waals surface area contributed by atoms with Gasteiger partial charge in [-0.3, -0.25) is 14.7 Å². The molecule has 0 fully saturated rings. The molecular formula is C24H27N5O2. The Hall–Kier alpha value is -3.45. The molecule has 4 N–H and O–H groups in total. The lowest BCUT2D eigenvalue weighted by atomic mass is 10.1. The van der Waals surface area contributed by atoms with Crippen LogP contribution in [-0.4, -0.2) is 33.3 Å². The van der Waals surface area contributed by atoms with E-state index in [0.29, 0.717) is 36.8 Å². The maximum Gasteiger partial charge on any atom is 0.262 e. The number of benzene rings is 2. The highest BCUT2D eigenvalue weighted by Gasteiger charge is 2.16. The number of nitrogens with zero attached hydrogens (tertiary/aromatic N) is 2. The van der Waals surface area contributed by atoms with Crippen molar-refractivity contribution in [3.8, 4) is 0 Å². The molecule has 7 nitrogen and oxygen atoms in total. The van der Waals surface area contributed by atoms with Crippen molar-refractivity contribution in [2.75, 3.05) is 6.54 Å². The molecule has 0 spiro atoms. The molecule has 1 amide bonds. The normalized spacial score (nSPS) is 12.3. The van der Waals surface area contributed by atoms with E-state index in [-0.39, 0.29) is 11.5 Å². The van der Waals surface area contributed by atoms with Crippen LogP contribution >= 0.6 is 0 Å². The summed E-state index contributed by atoms with van der Waals surface area (Å²) in [6.45, 7) is 2.81. The molecule has 0 bridgehead atoms. The second-order valence-electron chi connectivity index (χ2n) is 7.82. The van der Waals surface area contributed by atoms with Crippen LogP contribution in [0.15, 0.2) is 59.4 Å². The molecule has 0 aliphatic carbocycles. The van der Waals surface area contributed by atoms with Gasteiger partial charge in [-0.15, -0.1) is 0 Å². The number of hydrogen-bond acceptors (Lipinski definition) is 4. The van der Waals surface area contributed by atoms with Gasteiger partial charge >= 0.3 is 0 Å². The first kappa shape index (κ1) is 20.8. The number of fused-ring (bicyclic) bond motifs is 3. The lowest BCUT2D eigenvalue weighted by Gasteiger charge is -2.14. The molecule has 2 aromatic carbocycles. The van der Waals surface area contributed by atoms with E-state index in [1.807, 2.05) is 61.5 Å². The summed E-state index contributed by atoms with van der Waals surface area (Å²) in [4.78, 5) is 25.4. The summed E-state index contributed by atoms with van der Waals surface area (Å²) in [5.41, 5.74) is 9.46. The smallest absolute Gasteiger partial charge is 0.262 e. The first-order chi connectivity index (χ1) is 15.1. The molecule has 160 valence electrons. The predicted octanol–water partition coefficient (Wildman–Crippen LogP) is 2.65. The number of rotatable bonds is 8. The largest absolute Gasteiger partial charge is 0.355 e. The molecule has 1 atom stereocenters. The van der Waals surface area contributed by atoms with E-state index in [9.17, 15) is 9.59 Å². The third-order valence-corrected chi connectivity index (χ3v) is 5.64. The second-order valence-corrected chi connectivity index (χ2v) is 7.82. The van der Waals surface area contributed by atoms with Crippen molar-refractivity contribution >= 4 is 27.7 Å². The first-order valence-corrected chi connectivity index (χ1v) is 10.6. The monoisotopic (exact) mass is 417 g/mol. The number of carbonyl (C=O) groups excluding carboxylic acids is 1. The van der Waals surface area contributed by atoms with E-state index >= 15 is 0 Å². The van der Waals surface area contributed by atoms with E-state index in [1.165, 1.54) is 5.56 Å². The molecule has 0 saturated carbocycles. The van der Waals surface area contributed by atoms with Gasteiger partial charge in [-0.2, -0.15) is 5.10 Å². The Morgan fingerprint density at radius 2 is 1.90 bits per heavy atom. The van der Waals surface area contributed by atoms with Crippen LogP contribution < -0.4 is 16.6 Å². The lowest BCUT2D eigenvalue weighted by Crippen LogP contribution is -2.41. The van der Waals surface area contributed by atoms with Gasteiger partial charge in [0.05, 0.1) is 16.9 Å². The summed E-state index contributed by atoms with van der Waals surface area (Å²) in [7, 11) is 0. The number of aryl methyl sites for hydroxylation is 3. The molecule has 0 radical (unpaired) electrons. The van der Waals surface area contributed by atoms with Crippen molar-refractivity contribution < 1.29 is 4.79 Å². The summed E-state index contributed by atoms with van der Waals surface area (Å²) >= 11 is 0. The van der Waals surface area contributed by atoms with Crippen molar-refractivity contribution in [2.24, 2.45) is 5.73 Å². The van der Waals surface area contributed by atoms with Gasteiger partial charge in [0.25, 0.3) is 5.56 Å². The van der Waals surface area contributed by atoms with E-state index in [4.69, 9.17) is 5.73 Å². The van der Waals surface area contributed by atoms with Gasteiger partial charge in [0.15, 0.2) is 0 Å². The van der Waals surface area contributed by atoms with Crippen LogP contribution in [0.3, 0.4) is 0 Å². The SMILES string of the molecule is Cc1[nH]nc2c1c(=O)n(CCCNC(=O)[C@@H](N)CCc1ccccc1)c1ccccc21. The number of aromatic nitrogens is 3. The minimum absolute atomic E-state index is 0.0640. The fourth-order valence-electron chi connectivity index (χ4n) is 3.94. The Balaban J connectivity index is 1.38. The van der Waals surface area contributed by atoms with Gasteiger partial charge in [0, 0.05) is 24.2 Å². The topological polar surface area (TPSA) is 106 Å². The van der Waals surface area contributed by atoms with Gasteiger partial charge in [-0.05, 0) is 37.8 Å². The van der Waals surface area contributed by atoms with Gasteiger partial charge in [0.2, 0.25) is 5.91 Å². The average molecular weight is 418 g/mol. The summed E-state index contributed by atoms with van der Waals surface area (Å²) in [5.74, 6) is -0.158. The number of para-hydroxylation sites is 1. The highest BCUT2D eigenvalue weighted by molar-refractivity contribution is 6.03. The number of aromatic amines is 1. The van der Waals surface area contributed by atoms with Crippen LogP contribution in [-0.2, 0) is 17.8 Å². The third kappa shape index (κ3) is 4.36. The second kappa shape index (κ2) is 9.14. The number of nitrogens with one attached hydrogen (secondary N) is 2. The molecule has 7 heteroatoms. The molecule has 2 heterocycles. The number of amides is 1. The van der Waals surface area contributed by atoms with Crippen LogP contribution in [0.2, 0.25) is 0 Å². The molecule has 0 aliphatic rings. The summed E-state index contributed by atoms with van der Waals surface area (Å²) < 4.78 is 1.77. The zero-order chi connectivity index (χ0) is 21.8. The Kier molecular flexibility index (Phi) is 6.13. The van der Waals surface area contributed by atoms with E-state index in [2.05, 4.69) is 15.5 Å². The zero-order valence-electron chi connectivity index (χ0n) is 17.6. The first-order valence-electron chi connectivity index (χ1n) is 10.6. The maximum absolute atomic E-state index is 13.1. The number of H-pyrrole nitrogens is 1. The Bertz CT molecular complexity index is 1260. The molecule has 31 heavy (non-hydrogen) atoms. The molecule has 2 aromatic heterocycles. The molecule has 4 aromatic rings. The van der Waals surface area contributed by atoms with Crippen LogP contribution in [0.5, 0.6) is 0 Å². The number of carbonyl (C=O) groups is 1. The van der Waals surface area contributed by atoms with Crippen molar-refractivity contribution in [3.63, 3.8) is 0 Å². The van der Waals surface area contributed by atoms with Crippen molar-refractivity contribution in [1.82, 2.24) is 20.1 Å². The van der Waals surface area contributed by atoms with Crippen molar-refractivity contribution in [3.05, 3.63) is 76.2 Å². The van der Waals surface area contributed by atoms with Gasteiger partial charge in [0.1, 0.15) is 5.52 Å². The Labute approximate surface area is 180 Å². The zero-order valence-corrected chi connectivity index (χ0v) is 17.6. The Morgan fingerprint density at radius 1 is 1.16 bits per heavy atom. The van der Waals surface area contributed by atoms with Crippen LogP contribution in [0, 0.1) is 6.92 Å². The van der Waals surface area contributed by atoms with Crippen molar-refractivity contribution in [1.29, 1.82) is 0 Å². The average Bonchev–Trinajstić information content (AvgIpc) is 3.19. The predicted molar refractivity (Wildman–Crippen MR) is 123 cm³/mol. The van der Waals surface area contributed by atoms with Crippen LogP contribution in [0.1, 0.15) is 24.1 Å². The van der Waals surface area contributed by atoms with Crippen LogP contribution in [0.4, 0.5) is 0 Å². The highest BCUT2D eigenvalue weighted by Crippen LogP contribution is 2.22. The van der Waals surface area contributed by atoms with Gasteiger partial charge in [-0.1, -0.05) is 48.5 Å². The minimum Gasteiger partial charge on any atom is -0.355 e. The van der Waals surface area contributed by atoms with E-state index in [0.717, 1.165) is 23.0 Å². The molecule has 0 saturated heterocycles. The maximum atomic E-state index is 13.1. The molecule has 4 rings (SSSR count). The lowest BCUT2D eigenvalue weighted by molar-refractivity contribution is -0.122. The number of pyridine rings is 1. The van der Waals surface area contributed by atoms with Crippen molar-refractivity contribution in [2.45, 2.75) is 38.8 Å². The van der Waals surface area contributed by atoms with E-state index < -0.39 is 6.04 Å². The fourth-order valence-corrected chi connectivity index (χ4v) is 3.94. The molecule has 0 unspecified atom stereocenters. The standard InChI is InChI=1S/C24H27N5O2/c1-16-21-22(28-27-16)18-10-5-6-11-20(18)29(24(21)31)15-7-14-26-23(30)19(25)13-12-17-8-3-2-4-9-17/h2-6,8-11,19H,7,12-15,25H2,1H3,(H,26,30)(H,27,28)/t19-/m0/s1. The quantitative estimate of drug-likeness (QED) is 0.383. The number of hydrogen-bond donors (Lipinski definition) is 3. The van der Waals surface area contributed by atoms with E-state index in [1.54, 1.807) is 4.57 Å². The summed E-state index contributed by atoms with van der Waals surface area (Å²) in [5, 5.41) is 11.7. The van der Waals surface area contributed by atoms with Crippen LogP contribution in [0.25, 0.3) is 21.8 Å². The minimum atomic E-state index is -0.548. The highest BCUT2D eigenvalue weighted by atomic mass is 16.2. The van der Waals surface area contributed by atoms with Gasteiger partial charge in [-0.25, -0.2) is 0 Å². The third-order valence-electron chi connectivity index (χ3n) is 5.64. The Morgan fingerprint density at radius 3 is 2.71 bits per heavy atom. The summed E-state index contributed by atoms with van der Waals surface area (Å²) in [6.07, 6.45) is 1.99. The molecular weight excluding hydrogens is 390 g/mol. The van der Waals surface area contributed by atoms with Gasteiger partial charge < -0.3 is 15.6 Å². The number of nitrogens with two attached hydrogens (primary N) is 1.